The van der Waals surface area contributed by atoms with E-state index in [-0.39, 0.29) is 12.5 Å². The van der Waals surface area contributed by atoms with Crippen LogP contribution < -0.4 is 5.32 Å². The number of benzene rings is 2. The van der Waals surface area contributed by atoms with E-state index < -0.39 is 17.5 Å². The van der Waals surface area contributed by atoms with Crippen molar-refractivity contribution in [1.29, 1.82) is 0 Å². The van der Waals surface area contributed by atoms with E-state index in [0.717, 1.165) is 16.0 Å². The topological polar surface area (TPSA) is 69.7 Å². The number of imide groups is 1. The number of carbonyl (C=O) groups is 3. The molecule has 1 aliphatic heterocycles. The molecule has 2 aromatic carbocycles. The summed E-state index contributed by atoms with van der Waals surface area (Å²) >= 11 is 0. The number of nitrogens with one attached hydrogen (secondary N) is 1. The highest BCUT2D eigenvalue weighted by Gasteiger charge is 2.49. The molecule has 27 heavy (non-hydrogen) atoms. The standard InChI is InChI=1S/C21H23N3O3/c1-15-9-11-17(12-10-15)21(2)19(26)24(20(27)22-21)14-18(25)23(3)13-16-7-5-4-6-8-16/h4-12H,13-14H2,1-3H3,(H,22,27). The Kier molecular flexibility index (Phi) is 4.99. The van der Waals surface area contributed by atoms with Crippen LogP contribution in [0, 0.1) is 6.92 Å². The Morgan fingerprint density at radius 3 is 2.33 bits per heavy atom. The average molecular weight is 365 g/mol. The van der Waals surface area contributed by atoms with E-state index in [4.69, 9.17) is 0 Å². The largest absolute Gasteiger partial charge is 0.340 e. The number of hydrogen-bond acceptors (Lipinski definition) is 3. The predicted octanol–water partition coefficient (Wildman–Crippen LogP) is 2.42. The molecule has 0 radical (unpaired) electrons. The Bertz CT molecular complexity index is 864. The van der Waals surface area contributed by atoms with Crippen LogP contribution in [0.4, 0.5) is 4.79 Å². The maximum Gasteiger partial charge on any atom is 0.325 e. The lowest BCUT2D eigenvalue weighted by molar-refractivity contribution is -0.138. The monoisotopic (exact) mass is 365 g/mol. The van der Waals surface area contributed by atoms with E-state index in [9.17, 15) is 14.4 Å². The quantitative estimate of drug-likeness (QED) is 0.828. The summed E-state index contributed by atoms with van der Waals surface area (Å²) < 4.78 is 0. The number of nitrogens with zero attached hydrogens (tertiary/aromatic N) is 2. The van der Waals surface area contributed by atoms with Crippen molar-refractivity contribution in [1.82, 2.24) is 15.1 Å². The Morgan fingerprint density at radius 1 is 1.07 bits per heavy atom. The second-order valence-corrected chi connectivity index (χ2v) is 7.05. The maximum absolute atomic E-state index is 12.9. The molecule has 2 aromatic rings. The van der Waals surface area contributed by atoms with E-state index in [1.54, 1.807) is 14.0 Å². The molecule has 0 spiro atoms. The van der Waals surface area contributed by atoms with Crippen molar-refractivity contribution < 1.29 is 14.4 Å². The van der Waals surface area contributed by atoms with E-state index in [1.807, 2.05) is 61.5 Å². The third-order valence-electron chi connectivity index (χ3n) is 4.89. The van der Waals surface area contributed by atoms with Crippen LogP contribution in [0.5, 0.6) is 0 Å². The van der Waals surface area contributed by atoms with Crippen molar-refractivity contribution in [2.75, 3.05) is 13.6 Å². The fourth-order valence-electron chi connectivity index (χ4n) is 3.12. The van der Waals surface area contributed by atoms with Crippen LogP contribution in [0.15, 0.2) is 54.6 Å². The second-order valence-electron chi connectivity index (χ2n) is 7.05. The van der Waals surface area contributed by atoms with Crippen LogP contribution in [-0.2, 0) is 21.7 Å². The molecule has 1 N–H and O–H groups in total. The second kappa shape index (κ2) is 7.23. The van der Waals surface area contributed by atoms with Crippen molar-refractivity contribution in [2.24, 2.45) is 0 Å². The Morgan fingerprint density at radius 2 is 1.70 bits per heavy atom. The van der Waals surface area contributed by atoms with Crippen LogP contribution in [0.1, 0.15) is 23.6 Å². The van der Waals surface area contributed by atoms with E-state index in [0.29, 0.717) is 12.1 Å². The molecule has 1 fully saturated rings. The molecule has 1 aliphatic rings. The molecule has 0 bridgehead atoms. The molecule has 140 valence electrons. The van der Waals surface area contributed by atoms with Gasteiger partial charge in [-0.2, -0.15) is 0 Å². The molecule has 3 rings (SSSR count). The van der Waals surface area contributed by atoms with E-state index in [1.165, 1.54) is 4.90 Å². The highest BCUT2D eigenvalue weighted by Crippen LogP contribution is 2.29. The molecule has 0 saturated carbocycles. The van der Waals surface area contributed by atoms with Crippen molar-refractivity contribution in [3.8, 4) is 0 Å². The van der Waals surface area contributed by atoms with Crippen LogP contribution in [-0.4, -0.2) is 41.2 Å². The van der Waals surface area contributed by atoms with Crippen LogP contribution in [0.2, 0.25) is 0 Å². The molecule has 4 amide bonds. The molecule has 6 heteroatoms. The molecule has 1 heterocycles. The average Bonchev–Trinajstić information content (AvgIpc) is 2.87. The van der Waals surface area contributed by atoms with Gasteiger partial charge in [0.1, 0.15) is 12.1 Å². The third kappa shape index (κ3) is 3.69. The van der Waals surface area contributed by atoms with Gasteiger partial charge in [0, 0.05) is 13.6 Å². The Balaban J connectivity index is 1.71. The van der Waals surface area contributed by atoms with Gasteiger partial charge in [-0.25, -0.2) is 4.79 Å². The zero-order valence-corrected chi connectivity index (χ0v) is 15.7. The summed E-state index contributed by atoms with van der Waals surface area (Å²) in [5.74, 6) is -0.715. The third-order valence-corrected chi connectivity index (χ3v) is 4.89. The normalized spacial score (nSPS) is 19.1. The molecule has 1 unspecified atom stereocenters. The van der Waals surface area contributed by atoms with Gasteiger partial charge in [0.15, 0.2) is 0 Å². The van der Waals surface area contributed by atoms with Gasteiger partial charge in [-0.3, -0.25) is 14.5 Å². The minimum Gasteiger partial charge on any atom is -0.340 e. The zero-order chi connectivity index (χ0) is 19.6. The molecule has 1 atom stereocenters. The van der Waals surface area contributed by atoms with Crippen LogP contribution in [0.25, 0.3) is 0 Å². The molecular formula is C21H23N3O3. The number of aryl methyl sites for hydroxylation is 1. The summed E-state index contributed by atoms with van der Waals surface area (Å²) in [5, 5.41) is 2.73. The summed E-state index contributed by atoms with van der Waals surface area (Å²) in [6, 6.07) is 16.4. The lowest BCUT2D eigenvalue weighted by atomic mass is 9.91. The van der Waals surface area contributed by atoms with Gasteiger partial charge in [0.25, 0.3) is 5.91 Å². The molecular weight excluding hydrogens is 342 g/mol. The van der Waals surface area contributed by atoms with Gasteiger partial charge in [-0.15, -0.1) is 0 Å². The summed E-state index contributed by atoms with van der Waals surface area (Å²) in [6.07, 6.45) is 0. The van der Waals surface area contributed by atoms with Gasteiger partial charge < -0.3 is 10.2 Å². The number of likely N-dealkylation sites (N-methyl/N-ethyl adjacent to an activating group) is 1. The smallest absolute Gasteiger partial charge is 0.325 e. The van der Waals surface area contributed by atoms with Gasteiger partial charge in [-0.1, -0.05) is 60.2 Å². The number of amides is 4. The van der Waals surface area contributed by atoms with Crippen molar-refractivity contribution in [3.63, 3.8) is 0 Å². The predicted molar refractivity (Wildman–Crippen MR) is 102 cm³/mol. The first-order valence-corrected chi connectivity index (χ1v) is 8.80. The van der Waals surface area contributed by atoms with Gasteiger partial charge in [-0.05, 0) is 25.0 Å². The first-order chi connectivity index (χ1) is 12.8. The highest BCUT2D eigenvalue weighted by atomic mass is 16.2. The fourth-order valence-corrected chi connectivity index (χ4v) is 3.12. The molecule has 0 aromatic heterocycles. The minimum atomic E-state index is -1.16. The lowest BCUT2D eigenvalue weighted by Crippen LogP contribution is -2.43. The summed E-state index contributed by atoms with van der Waals surface area (Å²) in [6.45, 7) is 3.75. The van der Waals surface area contributed by atoms with E-state index in [2.05, 4.69) is 5.32 Å². The molecule has 1 saturated heterocycles. The van der Waals surface area contributed by atoms with Crippen molar-refractivity contribution >= 4 is 17.8 Å². The van der Waals surface area contributed by atoms with Gasteiger partial charge in [0.05, 0.1) is 0 Å². The number of rotatable bonds is 5. The minimum absolute atomic E-state index is 0.282. The fraction of sp³-hybridized carbons (Fsp3) is 0.286. The SMILES string of the molecule is Cc1ccc(C2(C)NC(=O)N(CC(=O)N(C)Cc3ccccc3)C2=O)cc1. The number of urea groups is 1. The van der Waals surface area contributed by atoms with Crippen molar-refractivity contribution in [3.05, 3.63) is 71.3 Å². The Hall–Kier alpha value is -3.15. The van der Waals surface area contributed by atoms with Crippen LogP contribution >= 0.6 is 0 Å². The summed E-state index contributed by atoms with van der Waals surface area (Å²) in [4.78, 5) is 40.3. The first-order valence-electron chi connectivity index (χ1n) is 8.80. The van der Waals surface area contributed by atoms with Crippen LogP contribution in [0.3, 0.4) is 0 Å². The van der Waals surface area contributed by atoms with Gasteiger partial charge in [0.2, 0.25) is 5.91 Å². The number of hydrogen-bond donors (Lipinski definition) is 1. The van der Waals surface area contributed by atoms with Crippen molar-refractivity contribution in [2.45, 2.75) is 25.9 Å². The maximum atomic E-state index is 12.9. The van der Waals surface area contributed by atoms with E-state index >= 15 is 0 Å². The zero-order valence-electron chi connectivity index (χ0n) is 15.7. The lowest BCUT2D eigenvalue weighted by Gasteiger charge is -2.23. The molecule has 6 nitrogen and oxygen atoms in total. The highest BCUT2D eigenvalue weighted by molar-refractivity contribution is 6.09. The molecule has 0 aliphatic carbocycles. The summed E-state index contributed by atoms with van der Waals surface area (Å²) in [7, 11) is 1.66. The van der Waals surface area contributed by atoms with Gasteiger partial charge >= 0.3 is 6.03 Å². The Labute approximate surface area is 158 Å². The summed E-state index contributed by atoms with van der Waals surface area (Å²) in [5.41, 5.74) is 1.58. The number of carbonyl (C=O) groups excluding carboxylic acids is 3. The first kappa shape index (κ1) is 18.6.